The maximum absolute atomic E-state index is 13.0. The molecule has 1 amide bonds. The third-order valence-electron chi connectivity index (χ3n) is 5.01. The third kappa shape index (κ3) is 3.76. The summed E-state index contributed by atoms with van der Waals surface area (Å²) < 4.78 is 5.72. The minimum Gasteiger partial charge on any atom is -0.450 e. The van der Waals surface area contributed by atoms with Crippen LogP contribution in [0.1, 0.15) is 54.6 Å². The highest BCUT2D eigenvalue weighted by atomic mass is 35.5. The van der Waals surface area contributed by atoms with Gasteiger partial charge in [0.25, 0.3) is 5.91 Å². The van der Waals surface area contributed by atoms with E-state index in [1.807, 2.05) is 0 Å². The Balaban J connectivity index is 1.76. The van der Waals surface area contributed by atoms with Crippen LogP contribution in [-0.4, -0.2) is 24.5 Å². The Hall–Kier alpha value is -3.35. The summed E-state index contributed by atoms with van der Waals surface area (Å²) in [7, 11) is 1.54. The van der Waals surface area contributed by atoms with Crippen molar-refractivity contribution in [3.05, 3.63) is 86.3 Å². The standard InChI is InChI=1S/C23H16Cl2N2O4/c1-27-23(30)12-4-2-3-11(7-12)13-8-17(28)19-18(9-13)31-22(20(19)26)21(29)15-6-5-14(24)10-16(15)25/h2-7,9-10H,8,26H2,1H3,(H,27,30). The number of Topliss-reactive ketones (excluding diaryl/α,β-unsaturated/α-hetero) is 1. The van der Waals surface area contributed by atoms with Crippen LogP contribution in [0.4, 0.5) is 5.69 Å². The van der Waals surface area contributed by atoms with E-state index in [0.717, 1.165) is 0 Å². The number of anilines is 1. The van der Waals surface area contributed by atoms with Gasteiger partial charge in [0.1, 0.15) is 5.76 Å². The van der Waals surface area contributed by atoms with Crippen molar-refractivity contribution in [2.24, 2.45) is 0 Å². The molecule has 0 radical (unpaired) electrons. The summed E-state index contributed by atoms with van der Waals surface area (Å²) in [4.78, 5) is 37.7. The largest absolute Gasteiger partial charge is 0.450 e. The van der Waals surface area contributed by atoms with Gasteiger partial charge < -0.3 is 15.5 Å². The Labute approximate surface area is 187 Å². The molecule has 1 heterocycles. The number of furan rings is 1. The minimum absolute atomic E-state index is 0.0228. The maximum atomic E-state index is 13.0. The van der Waals surface area contributed by atoms with Crippen LogP contribution in [0.5, 0.6) is 0 Å². The number of halogens is 2. The Morgan fingerprint density at radius 1 is 1.13 bits per heavy atom. The number of ketones is 2. The molecule has 1 aromatic heterocycles. The molecule has 0 fully saturated rings. The van der Waals surface area contributed by atoms with Gasteiger partial charge in [-0.15, -0.1) is 0 Å². The van der Waals surface area contributed by atoms with Crippen molar-refractivity contribution in [2.45, 2.75) is 6.42 Å². The van der Waals surface area contributed by atoms with E-state index >= 15 is 0 Å². The zero-order valence-electron chi connectivity index (χ0n) is 16.3. The molecule has 8 heteroatoms. The molecule has 31 heavy (non-hydrogen) atoms. The maximum Gasteiger partial charge on any atom is 0.251 e. The average Bonchev–Trinajstić information content (AvgIpc) is 3.09. The predicted octanol–water partition coefficient (Wildman–Crippen LogP) is 4.89. The second kappa shape index (κ2) is 8.06. The molecule has 1 aliphatic carbocycles. The van der Waals surface area contributed by atoms with Crippen molar-refractivity contribution in [1.82, 2.24) is 5.32 Å². The lowest BCUT2D eigenvalue weighted by Crippen LogP contribution is -2.17. The number of carbonyl (C=O) groups is 3. The van der Waals surface area contributed by atoms with Gasteiger partial charge in [0, 0.05) is 29.6 Å². The molecule has 4 rings (SSSR count). The van der Waals surface area contributed by atoms with Gasteiger partial charge in [-0.2, -0.15) is 0 Å². The van der Waals surface area contributed by atoms with E-state index in [1.54, 1.807) is 37.4 Å². The van der Waals surface area contributed by atoms with Crippen LogP contribution in [-0.2, 0) is 0 Å². The van der Waals surface area contributed by atoms with Gasteiger partial charge in [-0.3, -0.25) is 14.4 Å². The van der Waals surface area contributed by atoms with Crippen LogP contribution in [0.15, 0.2) is 46.9 Å². The van der Waals surface area contributed by atoms with E-state index < -0.39 is 5.78 Å². The van der Waals surface area contributed by atoms with Gasteiger partial charge in [0.15, 0.2) is 11.5 Å². The van der Waals surface area contributed by atoms with E-state index in [-0.39, 0.29) is 51.5 Å². The monoisotopic (exact) mass is 454 g/mol. The number of hydrogen-bond acceptors (Lipinski definition) is 5. The molecule has 0 saturated carbocycles. The first kappa shape index (κ1) is 20.9. The minimum atomic E-state index is -0.544. The highest BCUT2D eigenvalue weighted by Crippen LogP contribution is 2.38. The molecule has 2 aromatic carbocycles. The molecule has 156 valence electrons. The molecule has 0 spiro atoms. The number of nitrogens with one attached hydrogen (secondary N) is 1. The van der Waals surface area contributed by atoms with E-state index in [1.165, 1.54) is 18.2 Å². The Bertz CT molecular complexity index is 1290. The number of hydrogen-bond donors (Lipinski definition) is 2. The van der Waals surface area contributed by atoms with Gasteiger partial charge in [-0.1, -0.05) is 35.3 Å². The quantitative estimate of drug-likeness (QED) is 0.546. The highest BCUT2D eigenvalue weighted by Gasteiger charge is 2.31. The molecule has 1 aliphatic rings. The molecule has 0 bridgehead atoms. The van der Waals surface area contributed by atoms with Crippen molar-refractivity contribution >= 4 is 58.0 Å². The fourth-order valence-corrected chi connectivity index (χ4v) is 3.97. The Morgan fingerprint density at radius 3 is 2.61 bits per heavy atom. The van der Waals surface area contributed by atoms with Gasteiger partial charge in [-0.05, 0) is 47.5 Å². The van der Waals surface area contributed by atoms with E-state index in [9.17, 15) is 14.4 Å². The van der Waals surface area contributed by atoms with Crippen LogP contribution in [0.25, 0.3) is 11.6 Å². The first-order valence-electron chi connectivity index (χ1n) is 9.28. The number of fused-ring (bicyclic) bond motifs is 1. The molecular formula is C23H16Cl2N2O4. The van der Waals surface area contributed by atoms with Gasteiger partial charge >= 0.3 is 0 Å². The van der Waals surface area contributed by atoms with Crippen molar-refractivity contribution in [1.29, 1.82) is 0 Å². The van der Waals surface area contributed by atoms with Crippen LogP contribution in [0.2, 0.25) is 10.0 Å². The lowest BCUT2D eigenvalue weighted by Gasteiger charge is -2.13. The first-order valence-corrected chi connectivity index (χ1v) is 10.0. The second-order valence-electron chi connectivity index (χ2n) is 6.97. The van der Waals surface area contributed by atoms with Crippen LogP contribution in [0.3, 0.4) is 0 Å². The third-order valence-corrected chi connectivity index (χ3v) is 5.56. The van der Waals surface area contributed by atoms with E-state index in [0.29, 0.717) is 21.7 Å². The van der Waals surface area contributed by atoms with Crippen LogP contribution in [0, 0.1) is 0 Å². The van der Waals surface area contributed by atoms with Crippen molar-refractivity contribution in [3.63, 3.8) is 0 Å². The SMILES string of the molecule is CNC(=O)c1cccc(C2=Cc3oc(C(=O)c4ccc(Cl)cc4Cl)c(N)c3C(=O)C2)c1. The molecular weight excluding hydrogens is 439 g/mol. The molecule has 0 saturated heterocycles. The number of amides is 1. The first-order chi connectivity index (χ1) is 14.8. The Kier molecular flexibility index (Phi) is 5.43. The second-order valence-corrected chi connectivity index (χ2v) is 7.81. The fourth-order valence-electron chi connectivity index (χ4n) is 3.48. The molecule has 6 nitrogen and oxygen atoms in total. The number of rotatable bonds is 4. The number of benzene rings is 2. The van der Waals surface area contributed by atoms with Gasteiger partial charge in [0.2, 0.25) is 5.78 Å². The van der Waals surface area contributed by atoms with Crippen molar-refractivity contribution < 1.29 is 18.8 Å². The zero-order chi connectivity index (χ0) is 22.3. The zero-order valence-corrected chi connectivity index (χ0v) is 17.8. The normalized spacial score (nSPS) is 12.9. The van der Waals surface area contributed by atoms with Crippen molar-refractivity contribution in [2.75, 3.05) is 12.8 Å². The summed E-state index contributed by atoms with van der Waals surface area (Å²) in [6, 6.07) is 11.3. The number of carbonyl (C=O) groups excluding carboxylic acids is 3. The summed E-state index contributed by atoms with van der Waals surface area (Å²) in [5.74, 6) is -1.01. The predicted molar refractivity (Wildman–Crippen MR) is 120 cm³/mol. The summed E-state index contributed by atoms with van der Waals surface area (Å²) in [6.45, 7) is 0. The van der Waals surface area contributed by atoms with Gasteiger partial charge in [0.05, 0.1) is 16.3 Å². The Morgan fingerprint density at radius 2 is 1.90 bits per heavy atom. The summed E-state index contributed by atoms with van der Waals surface area (Å²) in [5, 5.41) is 3.10. The average molecular weight is 455 g/mol. The molecule has 0 unspecified atom stereocenters. The summed E-state index contributed by atoms with van der Waals surface area (Å²) in [5.41, 5.74) is 8.24. The number of nitrogen functional groups attached to an aromatic ring is 1. The topological polar surface area (TPSA) is 102 Å². The number of allylic oxidation sites excluding steroid dienone is 1. The highest BCUT2D eigenvalue weighted by molar-refractivity contribution is 6.37. The van der Waals surface area contributed by atoms with Crippen LogP contribution >= 0.6 is 23.2 Å². The van der Waals surface area contributed by atoms with Gasteiger partial charge in [-0.25, -0.2) is 0 Å². The van der Waals surface area contributed by atoms with E-state index in [4.69, 9.17) is 33.4 Å². The fraction of sp³-hybridized carbons (Fsp3) is 0.0870. The lowest BCUT2D eigenvalue weighted by molar-refractivity contribution is 0.0961. The van der Waals surface area contributed by atoms with E-state index in [2.05, 4.69) is 5.32 Å². The summed E-state index contributed by atoms with van der Waals surface area (Å²) in [6.07, 6.45) is 1.72. The van der Waals surface area contributed by atoms with Crippen LogP contribution < -0.4 is 11.1 Å². The lowest BCUT2D eigenvalue weighted by atomic mass is 9.90. The number of nitrogens with two attached hydrogens (primary N) is 1. The summed E-state index contributed by atoms with van der Waals surface area (Å²) >= 11 is 12.0. The molecule has 3 N–H and O–H groups in total. The molecule has 3 aromatic rings. The smallest absolute Gasteiger partial charge is 0.251 e. The molecule has 0 atom stereocenters. The van der Waals surface area contributed by atoms with Crippen molar-refractivity contribution in [3.8, 4) is 0 Å². The molecule has 0 aliphatic heterocycles.